The first-order valence-electron chi connectivity index (χ1n) is 5.72. The number of carbonyl (C=O) groups is 1. The molecule has 6 nitrogen and oxygen atoms in total. The predicted molar refractivity (Wildman–Crippen MR) is 72.5 cm³/mol. The Hall–Kier alpha value is -2.02. The van der Waals surface area contributed by atoms with Gasteiger partial charge in [-0.2, -0.15) is 0 Å². The number of amides is 1. The van der Waals surface area contributed by atoms with Crippen LogP contribution in [0, 0.1) is 0 Å². The monoisotopic (exact) mass is 278 g/mol. The molecule has 0 saturated carbocycles. The maximum absolute atomic E-state index is 11.5. The lowest BCUT2D eigenvalue weighted by atomic mass is 10.4. The molecule has 0 aliphatic carbocycles. The van der Waals surface area contributed by atoms with Gasteiger partial charge in [-0.3, -0.25) is 4.79 Å². The number of thioether (sulfide) groups is 1. The molecule has 0 saturated heterocycles. The molecule has 2 rings (SSSR count). The van der Waals surface area contributed by atoms with E-state index < -0.39 is 0 Å². The average molecular weight is 278 g/mol. The Balaban J connectivity index is 1.66. The van der Waals surface area contributed by atoms with Crippen LogP contribution in [0.5, 0.6) is 0 Å². The Bertz CT molecular complexity index is 548. The molecule has 2 aromatic rings. The van der Waals surface area contributed by atoms with Crippen LogP contribution in [0.15, 0.2) is 40.4 Å². The Labute approximate surface area is 114 Å². The third kappa shape index (κ3) is 4.29. The van der Waals surface area contributed by atoms with Gasteiger partial charge < -0.3 is 14.3 Å². The number of nitrogens with zero attached hydrogens (tertiary/aromatic N) is 3. The zero-order valence-electron chi connectivity index (χ0n) is 10.4. The highest BCUT2D eigenvalue weighted by Gasteiger charge is 2.01. The van der Waals surface area contributed by atoms with E-state index in [1.807, 2.05) is 11.6 Å². The largest absolute Gasteiger partial charge is 0.465 e. The third-order valence-electron chi connectivity index (χ3n) is 2.24. The first-order valence-corrected chi connectivity index (χ1v) is 6.70. The lowest BCUT2D eigenvalue weighted by Gasteiger charge is -2.01. The fourth-order valence-corrected chi connectivity index (χ4v) is 2.07. The quantitative estimate of drug-likeness (QED) is 0.490. The summed E-state index contributed by atoms with van der Waals surface area (Å²) in [5, 5.41) is 11.3. The minimum atomic E-state index is -0.144. The van der Waals surface area contributed by atoms with E-state index in [1.165, 1.54) is 6.08 Å². The smallest absolute Gasteiger partial charge is 0.244 e. The number of carbonyl (C=O) groups excluding carboxylic acids is 1. The lowest BCUT2D eigenvalue weighted by Crippen LogP contribution is -2.23. The fraction of sp³-hybridized carbons (Fsp3) is 0.250. The molecule has 0 aliphatic heterocycles. The molecule has 0 fully saturated rings. The molecule has 0 atom stereocenters. The van der Waals surface area contributed by atoms with Crippen LogP contribution in [-0.4, -0.2) is 33.0 Å². The fourth-order valence-electron chi connectivity index (χ4n) is 1.32. The second kappa shape index (κ2) is 6.79. The number of furan rings is 1. The van der Waals surface area contributed by atoms with Gasteiger partial charge in [0, 0.05) is 25.4 Å². The zero-order valence-corrected chi connectivity index (χ0v) is 11.3. The number of aromatic nitrogens is 3. The molecule has 0 aromatic carbocycles. The highest BCUT2D eigenvalue weighted by Crippen LogP contribution is 2.11. The molecular weight excluding hydrogens is 264 g/mol. The first kappa shape index (κ1) is 13.4. The van der Waals surface area contributed by atoms with Crippen LogP contribution in [0.1, 0.15) is 5.76 Å². The van der Waals surface area contributed by atoms with Crippen LogP contribution in [-0.2, 0) is 11.8 Å². The van der Waals surface area contributed by atoms with E-state index in [0.29, 0.717) is 12.3 Å². The molecule has 0 spiro atoms. The molecular formula is C12H14N4O2S. The highest BCUT2D eigenvalue weighted by atomic mass is 32.2. The van der Waals surface area contributed by atoms with Crippen LogP contribution in [0.3, 0.4) is 0 Å². The van der Waals surface area contributed by atoms with Crippen molar-refractivity contribution in [2.24, 2.45) is 7.05 Å². The topological polar surface area (TPSA) is 73.0 Å². The summed E-state index contributed by atoms with van der Waals surface area (Å²) in [7, 11) is 1.88. The van der Waals surface area contributed by atoms with Gasteiger partial charge in [-0.25, -0.2) is 0 Å². The van der Waals surface area contributed by atoms with Crippen molar-refractivity contribution in [3.63, 3.8) is 0 Å². The van der Waals surface area contributed by atoms with Gasteiger partial charge in [0.25, 0.3) is 0 Å². The normalized spacial score (nSPS) is 11.0. The van der Waals surface area contributed by atoms with Crippen LogP contribution < -0.4 is 5.32 Å². The van der Waals surface area contributed by atoms with Gasteiger partial charge >= 0.3 is 0 Å². The standard InChI is InChI=1S/C12H14N4O2S/c1-16-9-14-15-12(16)19-8-6-13-11(17)5-4-10-3-2-7-18-10/h2-5,7,9H,6,8H2,1H3,(H,13,17)/b5-4+. The first-order chi connectivity index (χ1) is 9.25. The van der Waals surface area contributed by atoms with Gasteiger partial charge in [0.1, 0.15) is 12.1 Å². The van der Waals surface area contributed by atoms with Crippen molar-refractivity contribution in [3.8, 4) is 0 Å². The van der Waals surface area contributed by atoms with Gasteiger partial charge in [-0.05, 0) is 18.2 Å². The third-order valence-corrected chi connectivity index (χ3v) is 3.28. The van der Waals surface area contributed by atoms with Crippen molar-refractivity contribution >= 4 is 23.7 Å². The van der Waals surface area contributed by atoms with E-state index in [4.69, 9.17) is 4.42 Å². The van der Waals surface area contributed by atoms with Gasteiger partial charge in [-0.15, -0.1) is 10.2 Å². The van der Waals surface area contributed by atoms with Crippen molar-refractivity contribution in [1.82, 2.24) is 20.1 Å². The number of hydrogen-bond acceptors (Lipinski definition) is 5. The summed E-state index contributed by atoms with van der Waals surface area (Å²) in [6, 6.07) is 3.56. The van der Waals surface area contributed by atoms with Gasteiger partial charge in [0.05, 0.1) is 6.26 Å². The summed E-state index contributed by atoms with van der Waals surface area (Å²) in [6.45, 7) is 0.568. The van der Waals surface area contributed by atoms with Crippen molar-refractivity contribution in [1.29, 1.82) is 0 Å². The number of hydrogen-bond donors (Lipinski definition) is 1. The molecule has 0 unspecified atom stereocenters. The maximum atomic E-state index is 11.5. The molecule has 0 aliphatic rings. The summed E-state index contributed by atoms with van der Waals surface area (Å²) < 4.78 is 6.92. The number of nitrogens with one attached hydrogen (secondary N) is 1. The second-order valence-electron chi connectivity index (χ2n) is 3.71. The minimum Gasteiger partial charge on any atom is -0.465 e. The minimum absolute atomic E-state index is 0.144. The van der Waals surface area contributed by atoms with Crippen molar-refractivity contribution < 1.29 is 9.21 Å². The molecule has 0 bridgehead atoms. The molecule has 2 aromatic heterocycles. The van der Waals surface area contributed by atoms with E-state index in [-0.39, 0.29) is 5.91 Å². The van der Waals surface area contributed by atoms with Crippen LogP contribution in [0.4, 0.5) is 0 Å². The van der Waals surface area contributed by atoms with E-state index in [0.717, 1.165) is 10.9 Å². The van der Waals surface area contributed by atoms with Crippen LogP contribution in [0.25, 0.3) is 6.08 Å². The van der Waals surface area contributed by atoms with Gasteiger partial charge in [0.15, 0.2) is 5.16 Å². The summed E-state index contributed by atoms with van der Waals surface area (Å²) >= 11 is 1.54. The Morgan fingerprint density at radius 2 is 2.53 bits per heavy atom. The molecule has 0 radical (unpaired) electrons. The molecule has 7 heteroatoms. The van der Waals surface area contributed by atoms with E-state index in [9.17, 15) is 4.79 Å². The van der Waals surface area contributed by atoms with Crippen molar-refractivity contribution in [3.05, 3.63) is 36.6 Å². The second-order valence-corrected chi connectivity index (χ2v) is 4.77. The Morgan fingerprint density at radius 1 is 1.63 bits per heavy atom. The van der Waals surface area contributed by atoms with E-state index in [2.05, 4.69) is 15.5 Å². The molecule has 100 valence electrons. The van der Waals surface area contributed by atoms with Gasteiger partial charge in [0.2, 0.25) is 5.91 Å². The molecule has 19 heavy (non-hydrogen) atoms. The van der Waals surface area contributed by atoms with E-state index >= 15 is 0 Å². The molecule has 2 heterocycles. The van der Waals surface area contributed by atoms with Crippen LogP contribution in [0.2, 0.25) is 0 Å². The SMILES string of the molecule is Cn1cnnc1SCCNC(=O)/C=C/c1ccco1. The van der Waals surface area contributed by atoms with Gasteiger partial charge in [-0.1, -0.05) is 11.8 Å². The number of rotatable bonds is 6. The average Bonchev–Trinajstić information content (AvgIpc) is 3.04. The predicted octanol–water partition coefficient (Wildman–Crippen LogP) is 1.33. The maximum Gasteiger partial charge on any atom is 0.244 e. The summed E-state index contributed by atoms with van der Waals surface area (Å²) in [5.74, 6) is 1.26. The molecule has 1 amide bonds. The summed E-state index contributed by atoms with van der Waals surface area (Å²) in [5.41, 5.74) is 0. The van der Waals surface area contributed by atoms with E-state index in [1.54, 1.807) is 42.6 Å². The zero-order chi connectivity index (χ0) is 13.5. The Morgan fingerprint density at radius 3 is 3.21 bits per heavy atom. The Kier molecular flexibility index (Phi) is 4.79. The molecule has 1 N–H and O–H groups in total. The number of aryl methyl sites for hydroxylation is 1. The highest BCUT2D eigenvalue weighted by molar-refractivity contribution is 7.99. The summed E-state index contributed by atoms with van der Waals surface area (Å²) in [4.78, 5) is 11.5. The lowest BCUT2D eigenvalue weighted by molar-refractivity contribution is -0.116. The van der Waals surface area contributed by atoms with Crippen LogP contribution >= 0.6 is 11.8 Å². The van der Waals surface area contributed by atoms with Crippen molar-refractivity contribution in [2.75, 3.05) is 12.3 Å². The van der Waals surface area contributed by atoms with Crippen molar-refractivity contribution in [2.45, 2.75) is 5.16 Å². The summed E-state index contributed by atoms with van der Waals surface area (Å²) in [6.07, 6.45) is 6.29.